The first kappa shape index (κ1) is 12.9. The lowest BCUT2D eigenvalue weighted by atomic mass is 9.91. The third-order valence-electron chi connectivity index (χ3n) is 3.25. The van der Waals surface area contributed by atoms with Crippen molar-refractivity contribution in [3.8, 4) is 0 Å². The standard InChI is InChI=1S/C11H25N3O/c1-13(2)6-3-7-14-8-4-11(15,10-12)5-9-14/h15H,3-10,12H2,1-2H3. The highest BCUT2D eigenvalue weighted by Gasteiger charge is 2.30. The predicted molar refractivity (Wildman–Crippen MR) is 62.8 cm³/mol. The van der Waals surface area contributed by atoms with Crippen LogP contribution in [0.3, 0.4) is 0 Å². The fourth-order valence-electron chi connectivity index (χ4n) is 2.01. The second-order valence-corrected chi connectivity index (χ2v) is 4.93. The molecule has 4 nitrogen and oxygen atoms in total. The molecule has 0 spiro atoms. The molecule has 3 N–H and O–H groups in total. The number of rotatable bonds is 5. The van der Waals surface area contributed by atoms with Gasteiger partial charge < -0.3 is 20.6 Å². The Morgan fingerprint density at radius 2 is 1.93 bits per heavy atom. The van der Waals surface area contributed by atoms with E-state index >= 15 is 0 Å². The third-order valence-corrected chi connectivity index (χ3v) is 3.25. The molecule has 15 heavy (non-hydrogen) atoms. The van der Waals surface area contributed by atoms with E-state index in [0.29, 0.717) is 6.54 Å². The van der Waals surface area contributed by atoms with Crippen LogP contribution in [0.25, 0.3) is 0 Å². The summed E-state index contributed by atoms with van der Waals surface area (Å²) in [4.78, 5) is 4.63. The Hall–Kier alpha value is -0.160. The normalized spacial score (nSPS) is 22.2. The van der Waals surface area contributed by atoms with Gasteiger partial charge in [-0.15, -0.1) is 0 Å². The van der Waals surface area contributed by atoms with Crippen molar-refractivity contribution in [2.75, 3.05) is 46.8 Å². The van der Waals surface area contributed by atoms with Gasteiger partial charge in [0, 0.05) is 19.6 Å². The van der Waals surface area contributed by atoms with E-state index in [9.17, 15) is 5.11 Å². The summed E-state index contributed by atoms with van der Waals surface area (Å²) in [5, 5.41) is 9.95. The molecule has 1 aliphatic heterocycles. The van der Waals surface area contributed by atoms with Crippen molar-refractivity contribution in [3.05, 3.63) is 0 Å². The first-order chi connectivity index (χ1) is 7.06. The van der Waals surface area contributed by atoms with E-state index in [0.717, 1.165) is 39.0 Å². The minimum Gasteiger partial charge on any atom is -0.388 e. The molecule has 0 unspecified atom stereocenters. The van der Waals surface area contributed by atoms with Gasteiger partial charge in [0.25, 0.3) is 0 Å². The quantitative estimate of drug-likeness (QED) is 0.662. The Morgan fingerprint density at radius 1 is 1.33 bits per heavy atom. The van der Waals surface area contributed by atoms with Crippen LogP contribution in [0.1, 0.15) is 19.3 Å². The van der Waals surface area contributed by atoms with Crippen LogP contribution in [-0.4, -0.2) is 67.3 Å². The molecule has 0 amide bonds. The molecule has 1 heterocycles. The van der Waals surface area contributed by atoms with Crippen LogP contribution in [0.2, 0.25) is 0 Å². The van der Waals surface area contributed by atoms with Gasteiger partial charge >= 0.3 is 0 Å². The molecule has 0 aromatic rings. The lowest BCUT2D eigenvalue weighted by Gasteiger charge is -2.37. The Kier molecular flexibility index (Phi) is 4.99. The molecule has 0 saturated carbocycles. The van der Waals surface area contributed by atoms with E-state index in [1.54, 1.807) is 0 Å². The van der Waals surface area contributed by atoms with Gasteiger partial charge in [0.2, 0.25) is 0 Å². The molecule has 1 aliphatic rings. The maximum absolute atomic E-state index is 9.95. The van der Waals surface area contributed by atoms with Crippen molar-refractivity contribution in [2.45, 2.75) is 24.9 Å². The summed E-state index contributed by atoms with van der Waals surface area (Å²) >= 11 is 0. The summed E-state index contributed by atoms with van der Waals surface area (Å²) in [6, 6.07) is 0. The monoisotopic (exact) mass is 215 g/mol. The van der Waals surface area contributed by atoms with Gasteiger partial charge in [0.1, 0.15) is 0 Å². The maximum Gasteiger partial charge on any atom is 0.0793 e. The third kappa shape index (κ3) is 4.47. The zero-order chi connectivity index (χ0) is 11.3. The Morgan fingerprint density at radius 3 is 2.40 bits per heavy atom. The zero-order valence-electron chi connectivity index (χ0n) is 10.1. The van der Waals surface area contributed by atoms with E-state index in [1.165, 1.54) is 6.42 Å². The average Bonchev–Trinajstić information content (AvgIpc) is 2.21. The van der Waals surface area contributed by atoms with Crippen LogP contribution in [0, 0.1) is 0 Å². The van der Waals surface area contributed by atoms with Gasteiger partial charge in [0.05, 0.1) is 5.60 Å². The summed E-state index contributed by atoms with van der Waals surface area (Å²) < 4.78 is 0. The molecule has 90 valence electrons. The lowest BCUT2D eigenvalue weighted by Crippen LogP contribution is -2.48. The van der Waals surface area contributed by atoms with Crippen molar-refractivity contribution >= 4 is 0 Å². The molecular weight excluding hydrogens is 190 g/mol. The Balaban J connectivity index is 2.15. The van der Waals surface area contributed by atoms with E-state index in [4.69, 9.17) is 5.73 Å². The summed E-state index contributed by atoms with van der Waals surface area (Å²) in [6.45, 7) is 4.65. The predicted octanol–water partition coefficient (Wildman–Crippen LogP) is -0.276. The van der Waals surface area contributed by atoms with Crippen LogP contribution < -0.4 is 5.73 Å². The smallest absolute Gasteiger partial charge is 0.0793 e. The van der Waals surface area contributed by atoms with E-state index in [-0.39, 0.29) is 0 Å². The largest absolute Gasteiger partial charge is 0.388 e. The van der Waals surface area contributed by atoms with Crippen LogP contribution in [0.5, 0.6) is 0 Å². The fraction of sp³-hybridized carbons (Fsp3) is 1.00. The molecule has 1 saturated heterocycles. The topological polar surface area (TPSA) is 52.7 Å². The maximum atomic E-state index is 9.95. The number of hydrogen-bond donors (Lipinski definition) is 2. The molecule has 0 aliphatic carbocycles. The second kappa shape index (κ2) is 5.80. The van der Waals surface area contributed by atoms with E-state index in [1.807, 2.05) is 0 Å². The minimum absolute atomic E-state index is 0.401. The number of aliphatic hydroxyl groups is 1. The van der Waals surface area contributed by atoms with Crippen LogP contribution in [0.4, 0.5) is 0 Å². The van der Waals surface area contributed by atoms with Crippen molar-refractivity contribution in [3.63, 3.8) is 0 Å². The molecule has 0 bridgehead atoms. The molecule has 0 radical (unpaired) electrons. The number of piperidine rings is 1. The molecule has 0 atom stereocenters. The summed E-state index contributed by atoms with van der Waals surface area (Å²) in [5.41, 5.74) is 4.96. The van der Waals surface area contributed by atoms with Crippen molar-refractivity contribution in [1.29, 1.82) is 0 Å². The van der Waals surface area contributed by atoms with Crippen molar-refractivity contribution < 1.29 is 5.11 Å². The fourth-order valence-corrected chi connectivity index (χ4v) is 2.01. The first-order valence-corrected chi connectivity index (χ1v) is 5.85. The molecule has 1 fully saturated rings. The summed E-state index contributed by atoms with van der Waals surface area (Å²) in [5.74, 6) is 0. The number of nitrogens with two attached hydrogens (primary N) is 1. The highest BCUT2D eigenvalue weighted by atomic mass is 16.3. The van der Waals surface area contributed by atoms with Gasteiger partial charge in [-0.2, -0.15) is 0 Å². The van der Waals surface area contributed by atoms with Gasteiger partial charge in [0.15, 0.2) is 0 Å². The number of hydrogen-bond acceptors (Lipinski definition) is 4. The lowest BCUT2D eigenvalue weighted by molar-refractivity contribution is -0.0138. The second-order valence-electron chi connectivity index (χ2n) is 4.93. The van der Waals surface area contributed by atoms with Gasteiger partial charge in [-0.25, -0.2) is 0 Å². The van der Waals surface area contributed by atoms with Crippen LogP contribution in [0.15, 0.2) is 0 Å². The molecule has 0 aromatic heterocycles. The van der Waals surface area contributed by atoms with E-state index in [2.05, 4.69) is 23.9 Å². The molecule has 4 heteroatoms. The van der Waals surface area contributed by atoms with Crippen molar-refractivity contribution in [1.82, 2.24) is 9.80 Å². The van der Waals surface area contributed by atoms with Gasteiger partial charge in [-0.05, 0) is 46.4 Å². The van der Waals surface area contributed by atoms with Crippen molar-refractivity contribution in [2.24, 2.45) is 5.73 Å². The Labute approximate surface area is 93.0 Å². The van der Waals surface area contributed by atoms with Gasteiger partial charge in [-0.1, -0.05) is 0 Å². The number of nitrogens with zero attached hydrogens (tertiary/aromatic N) is 2. The summed E-state index contributed by atoms with van der Waals surface area (Å²) in [7, 11) is 4.20. The zero-order valence-corrected chi connectivity index (χ0v) is 10.1. The number of likely N-dealkylation sites (tertiary alicyclic amines) is 1. The van der Waals surface area contributed by atoms with Gasteiger partial charge in [-0.3, -0.25) is 0 Å². The Bertz CT molecular complexity index is 177. The molecule has 1 rings (SSSR count). The highest BCUT2D eigenvalue weighted by Crippen LogP contribution is 2.20. The minimum atomic E-state index is -0.585. The molecular formula is C11H25N3O. The SMILES string of the molecule is CN(C)CCCN1CCC(O)(CN)CC1. The van der Waals surface area contributed by atoms with E-state index < -0.39 is 5.60 Å². The van der Waals surface area contributed by atoms with Crippen LogP contribution >= 0.6 is 0 Å². The first-order valence-electron chi connectivity index (χ1n) is 5.85. The average molecular weight is 215 g/mol. The highest BCUT2D eigenvalue weighted by molar-refractivity contribution is 4.86. The molecule has 0 aromatic carbocycles. The van der Waals surface area contributed by atoms with Crippen LogP contribution in [-0.2, 0) is 0 Å². The summed E-state index contributed by atoms with van der Waals surface area (Å²) in [6.07, 6.45) is 2.85.